The molecule has 12 heteroatoms. The Morgan fingerprint density at radius 1 is 1.24 bits per heavy atom. The van der Waals surface area contributed by atoms with Gasteiger partial charge in [-0.25, -0.2) is 9.36 Å². The van der Waals surface area contributed by atoms with E-state index in [9.17, 15) is 18.9 Å². The first-order valence-corrected chi connectivity index (χ1v) is 11.7. The minimum absolute atomic E-state index is 0.200. The lowest BCUT2D eigenvalue weighted by molar-refractivity contribution is -0.142. The molecule has 0 saturated carbocycles. The molecule has 1 aliphatic rings. The fourth-order valence-corrected chi connectivity index (χ4v) is 4.49. The molecule has 1 aromatic carbocycles. The van der Waals surface area contributed by atoms with Gasteiger partial charge < -0.3 is 14.0 Å². The van der Waals surface area contributed by atoms with Gasteiger partial charge in [0, 0.05) is 11.8 Å². The van der Waals surface area contributed by atoms with Crippen LogP contribution in [0.1, 0.15) is 24.3 Å². The normalized spacial score (nSPS) is 20.2. The summed E-state index contributed by atoms with van der Waals surface area (Å²) in [6.45, 7) is 4.73. The van der Waals surface area contributed by atoms with Crippen LogP contribution in [0.15, 0.2) is 52.2 Å². The summed E-state index contributed by atoms with van der Waals surface area (Å²) >= 11 is 0. The maximum absolute atomic E-state index is 13.4. The van der Waals surface area contributed by atoms with Crippen LogP contribution < -0.4 is 20.9 Å². The SMILES string of the molecule is COC(=O)C(C)NP(=O)(OCC1C=CC(n2cc(C)c(=O)[nH]c2=O)O1)Oc1ccc(C)cc1. The molecule has 4 atom stereocenters. The van der Waals surface area contributed by atoms with Crippen molar-refractivity contribution >= 4 is 13.7 Å². The lowest BCUT2D eigenvalue weighted by Gasteiger charge is -2.24. The zero-order chi connectivity index (χ0) is 24.2. The maximum atomic E-state index is 13.4. The summed E-state index contributed by atoms with van der Waals surface area (Å²) in [5, 5.41) is 2.56. The largest absolute Gasteiger partial charge is 0.468 e. The fraction of sp³-hybridized carbons (Fsp3) is 0.381. The topological polar surface area (TPSA) is 138 Å². The highest BCUT2D eigenvalue weighted by Gasteiger charge is 2.34. The first-order valence-electron chi connectivity index (χ1n) is 10.1. The quantitative estimate of drug-likeness (QED) is 0.314. The summed E-state index contributed by atoms with van der Waals surface area (Å²) in [7, 11) is -2.82. The van der Waals surface area contributed by atoms with E-state index in [1.54, 1.807) is 43.3 Å². The highest BCUT2D eigenvalue weighted by atomic mass is 31.2. The van der Waals surface area contributed by atoms with Crippen molar-refractivity contribution in [1.82, 2.24) is 14.6 Å². The molecule has 0 bridgehead atoms. The molecule has 1 aliphatic heterocycles. The van der Waals surface area contributed by atoms with Gasteiger partial charge >= 0.3 is 19.4 Å². The maximum Gasteiger partial charge on any atom is 0.459 e. The summed E-state index contributed by atoms with van der Waals surface area (Å²) in [4.78, 5) is 37.7. The average molecular weight is 479 g/mol. The lowest BCUT2D eigenvalue weighted by atomic mass is 10.2. The molecule has 0 aliphatic carbocycles. The highest BCUT2D eigenvalue weighted by Crippen LogP contribution is 2.45. The minimum Gasteiger partial charge on any atom is -0.468 e. The Hall–Kier alpha value is -2.98. The van der Waals surface area contributed by atoms with Crippen molar-refractivity contribution in [3.8, 4) is 5.75 Å². The molecule has 0 radical (unpaired) electrons. The van der Waals surface area contributed by atoms with Crippen molar-refractivity contribution in [2.75, 3.05) is 13.7 Å². The Kier molecular flexibility index (Phi) is 7.70. The van der Waals surface area contributed by atoms with Gasteiger partial charge in [-0.15, -0.1) is 0 Å². The van der Waals surface area contributed by atoms with Crippen molar-refractivity contribution in [3.63, 3.8) is 0 Å². The van der Waals surface area contributed by atoms with E-state index in [1.807, 2.05) is 6.92 Å². The number of carbonyl (C=O) groups excluding carboxylic acids is 1. The van der Waals surface area contributed by atoms with Crippen LogP contribution in [0, 0.1) is 13.8 Å². The zero-order valence-electron chi connectivity index (χ0n) is 18.6. The van der Waals surface area contributed by atoms with E-state index in [-0.39, 0.29) is 12.4 Å². The molecule has 1 aromatic heterocycles. The smallest absolute Gasteiger partial charge is 0.459 e. The van der Waals surface area contributed by atoms with Gasteiger partial charge in [0.25, 0.3) is 5.56 Å². The highest BCUT2D eigenvalue weighted by molar-refractivity contribution is 7.52. The molecule has 4 unspecified atom stereocenters. The lowest BCUT2D eigenvalue weighted by Crippen LogP contribution is -2.35. The second-order valence-electron chi connectivity index (χ2n) is 7.50. The third-order valence-corrected chi connectivity index (χ3v) is 6.43. The Morgan fingerprint density at radius 2 is 1.94 bits per heavy atom. The monoisotopic (exact) mass is 479 g/mol. The van der Waals surface area contributed by atoms with Crippen LogP contribution in [0.5, 0.6) is 5.75 Å². The number of hydrogen-bond donors (Lipinski definition) is 2. The molecular weight excluding hydrogens is 453 g/mol. The number of aromatic nitrogens is 2. The number of methoxy groups -OCH3 is 1. The van der Waals surface area contributed by atoms with Gasteiger partial charge in [0.2, 0.25) is 0 Å². The number of esters is 1. The molecule has 33 heavy (non-hydrogen) atoms. The summed E-state index contributed by atoms with van der Waals surface area (Å²) in [5.41, 5.74) is 0.238. The van der Waals surface area contributed by atoms with Gasteiger partial charge in [0.1, 0.15) is 17.9 Å². The number of ether oxygens (including phenoxy) is 2. The van der Waals surface area contributed by atoms with Crippen LogP contribution >= 0.6 is 7.75 Å². The van der Waals surface area contributed by atoms with Crippen molar-refractivity contribution in [2.24, 2.45) is 0 Å². The molecule has 2 heterocycles. The van der Waals surface area contributed by atoms with E-state index in [4.69, 9.17) is 13.8 Å². The number of aromatic amines is 1. The summed E-state index contributed by atoms with van der Waals surface area (Å²) < 4.78 is 36.2. The van der Waals surface area contributed by atoms with Crippen molar-refractivity contribution in [1.29, 1.82) is 0 Å². The number of carbonyl (C=O) groups is 1. The summed E-state index contributed by atoms with van der Waals surface area (Å²) in [6, 6.07) is 5.84. The predicted molar refractivity (Wildman–Crippen MR) is 119 cm³/mol. The summed E-state index contributed by atoms with van der Waals surface area (Å²) in [5.74, 6) is -0.360. The van der Waals surface area contributed by atoms with Gasteiger partial charge in [0.15, 0.2) is 6.23 Å². The van der Waals surface area contributed by atoms with Crippen LogP contribution in [-0.4, -0.2) is 41.4 Å². The van der Waals surface area contributed by atoms with Crippen molar-refractivity contribution < 1.29 is 27.9 Å². The molecule has 0 fully saturated rings. The molecule has 0 amide bonds. The van der Waals surface area contributed by atoms with E-state index in [0.717, 1.165) is 5.56 Å². The van der Waals surface area contributed by atoms with E-state index >= 15 is 0 Å². The second-order valence-corrected chi connectivity index (χ2v) is 9.19. The number of H-pyrrole nitrogens is 1. The fourth-order valence-electron chi connectivity index (χ4n) is 2.98. The van der Waals surface area contributed by atoms with E-state index in [0.29, 0.717) is 5.56 Å². The Labute approximate surface area is 189 Å². The molecule has 0 saturated heterocycles. The minimum atomic E-state index is -4.03. The van der Waals surface area contributed by atoms with Gasteiger partial charge in [0.05, 0.1) is 13.7 Å². The van der Waals surface area contributed by atoms with Gasteiger partial charge in [-0.2, -0.15) is 5.09 Å². The number of rotatable bonds is 9. The number of benzene rings is 1. The third-order valence-electron chi connectivity index (χ3n) is 4.79. The molecule has 178 valence electrons. The second kappa shape index (κ2) is 10.3. The summed E-state index contributed by atoms with van der Waals surface area (Å²) in [6.07, 6.45) is 3.20. The standard InChI is InChI=1S/C21H26N3O8P/c1-13-5-7-16(8-6-13)32-33(28,23-15(3)20(26)29-4)30-12-17-9-10-18(31-17)24-11-14(2)19(25)22-21(24)27/h5-11,15,17-18H,12H2,1-4H3,(H,23,28)(H,22,25,27). The molecular formula is C21H26N3O8P. The molecule has 0 spiro atoms. The number of aryl methyl sites for hydroxylation is 2. The van der Waals surface area contributed by atoms with Gasteiger partial charge in [-0.05, 0) is 39.0 Å². The van der Waals surface area contributed by atoms with Crippen LogP contribution in [-0.2, 0) is 23.4 Å². The van der Waals surface area contributed by atoms with Crippen LogP contribution in [0.3, 0.4) is 0 Å². The Balaban J connectivity index is 1.71. The van der Waals surface area contributed by atoms with E-state index in [1.165, 1.54) is 24.8 Å². The van der Waals surface area contributed by atoms with Crippen molar-refractivity contribution in [2.45, 2.75) is 39.1 Å². The number of nitrogens with one attached hydrogen (secondary N) is 2. The van der Waals surface area contributed by atoms with Crippen LogP contribution in [0.2, 0.25) is 0 Å². The third kappa shape index (κ3) is 6.29. The molecule has 2 N–H and O–H groups in total. The Bertz CT molecular complexity index is 1190. The number of hydrogen-bond acceptors (Lipinski definition) is 8. The zero-order valence-corrected chi connectivity index (χ0v) is 19.5. The molecule has 3 rings (SSSR count). The van der Waals surface area contributed by atoms with E-state index in [2.05, 4.69) is 14.8 Å². The van der Waals surface area contributed by atoms with Gasteiger partial charge in [-0.3, -0.25) is 23.7 Å². The van der Waals surface area contributed by atoms with Crippen molar-refractivity contribution in [3.05, 3.63) is 74.6 Å². The molecule has 11 nitrogen and oxygen atoms in total. The number of nitrogens with zero attached hydrogens (tertiary/aromatic N) is 1. The van der Waals surface area contributed by atoms with Crippen LogP contribution in [0.4, 0.5) is 0 Å². The van der Waals surface area contributed by atoms with E-state index < -0.39 is 43.3 Å². The van der Waals surface area contributed by atoms with Crippen LogP contribution in [0.25, 0.3) is 0 Å². The first kappa shape index (κ1) is 24.7. The molecule has 2 aromatic rings. The average Bonchev–Trinajstić information content (AvgIpc) is 3.25. The van der Waals surface area contributed by atoms with Gasteiger partial charge in [-0.1, -0.05) is 23.8 Å². The first-order chi connectivity index (χ1) is 15.6. The Morgan fingerprint density at radius 3 is 2.61 bits per heavy atom. The predicted octanol–water partition coefficient (Wildman–Crippen LogP) is 1.96.